The minimum atomic E-state index is -0.402. The predicted molar refractivity (Wildman–Crippen MR) is 88.5 cm³/mol. The molecule has 1 aromatic carbocycles. The number of rotatable bonds is 8. The SMILES string of the molecule is CC(C)C(C)(CN)NC(=O)CSCC(=O)c1ccccc1. The Labute approximate surface area is 130 Å². The summed E-state index contributed by atoms with van der Waals surface area (Å²) in [5, 5.41) is 2.96. The molecule has 0 radical (unpaired) electrons. The average Bonchev–Trinajstić information content (AvgIpc) is 2.47. The van der Waals surface area contributed by atoms with Gasteiger partial charge in [0.05, 0.1) is 17.0 Å². The van der Waals surface area contributed by atoms with Crippen LogP contribution < -0.4 is 11.1 Å². The summed E-state index contributed by atoms with van der Waals surface area (Å²) in [4.78, 5) is 23.8. The quantitative estimate of drug-likeness (QED) is 0.721. The summed E-state index contributed by atoms with van der Waals surface area (Å²) < 4.78 is 0. The lowest BCUT2D eigenvalue weighted by Gasteiger charge is -2.33. The number of nitrogens with two attached hydrogens (primary N) is 1. The molecule has 0 aliphatic carbocycles. The van der Waals surface area contributed by atoms with Crippen LogP contribution in [0.5, 0.6) is 0 Å². The van der Waals surface area contributed by atoms with Gasteiger partial charge in [0.2, 0.25) is 5.91 Å². The Balaban J connectivity index is 2.39. The maximum Gasteiger partial charge on any atom is 0.230 e. The molecule has 1 atom stereocenters. The Kier molecular flexibility index (Phi) is 6.92. The van der Waals surface area contributed by atoms with Gasteiger partial charge in [0.25, 0.3) is 0 Å². The Morgan fingerprint density at radius 3 is 2.38 bits per heavy atom. The highest BCUT2D eigenvalue weighted by Crippen LogP contribution is 2.15. The van der Waals surface area contributed by atoms with Crippen molar-refractivity contribution in [2.45, 2.75) is 26.3 Å². The number of nitrogens with one attached hydrogen (secondary N) is 1. The van der Waals surface area contributed by atoms with Crippen LogP contribution in [0.4, 0.5) is 0 Å². The maximum absolute atomic E-state index is 11.9. The first kappa shape index (κ1) is 17.7. The molecule has 0 saturated heterocycles. The van der Waals surface area contributed by atoms with E-state index in [9.17, 15) is 9.59 Å². The smallest absolute Gasteiger partial charge is 0.230 e. The van der Waals surface area contributed by atoms with Crippen molar-refractivity contribution < 1.29 is 9.59 Å². The third-order valence-corrected chi connectivity index (χ3v) is 4.62. The normalized spacial score (nSPS) is 13.8. The summed E-state index contributed by atoms with van der Waals surface area (Å²) >= 11 is 1.32. The zero-order valence-electron chi connectivity index (χ0n) is 12.9. The van der Waals surface area contributed by atoms with Gasteiger partial charge in [-0.1, -0.05) is 44.2 Å². The van der Waals surface area contributed by atoms with Crippen molar-refractivity contribution in [2.75, 3.05) is 18.1 Å². The van der Waals surface area contributed by atoms with Gasteiger partial charge in [-0.3, -0.25) is 9.59 Å². The van der Waals surface area contributed by atoms with Crippen LogP contribution in [0, 0.1) is 5.92 Å². The van der Waals surface area contributed by atoms with Crippen LogP contribution >= 0.6 is 11.8 Å². The third kappa shape index (κ3) is 5.52. The highest BCUT2D eigenvalue weighted by molar-refractivity contribution is 8.00. The van der Waals surface area contributed by atoms with Gasteiger partial charge >= 0.3 is 0 Å². The molecule has 1 rings (SSSR count). The summed E-state index contributed by atoms with van der Waals surface area (Å²) in [5.74, 6) is 0.781. The summed E-state index contributed by atoms with van der Waals surface area (Å²) in [6, 6.07) is 9.11. The molecule has 3 N–H and O–H groups in total. The van der Waals surface area contributed by atoms with Crippen LogP contribution in [0.15, 0.2) is 30.3 Å². The number of carbonyl (C=O) groups excluding carboxylic acids is 2. The van der Waals surface area contributed by atoms with Gasteiger partial charge in [0.15, 0.2) is 5.78 Å². The van der Waals surface area contributed by atoms with E-state index >= 15 is 0 Å². The van der Waals surface area contributed by atoms with Crippen molar-refractivity contribution in [3.63, 3.8) is 0 Å². The van der Waals surface area contributed by atoms with Gasteiger partial charge in [0, 0.05) is 12.1 Å². The molecule has 116 valence electrons. The molecule has 0 bridgehead atoms. The van der Waals surface area contributed by atoms with Gasteiger partial charge < -0.3 is 11.1 Å². The molecule has 0 aliphatic rings. The van der Waals surface area contributed by atoms with Gasteiger partial charge in [-0.15, -0.1) is 11.8 Å². The molecule has 4 nitrogen and oxygen atoms in total. The van der Waals surface area contributed by atoms with E-state index < -0.39 is 5.54 Å². The third-order valence-electron chi connectivity index (χ3n) is 3.69. The minimum absolute atomic E-state index is 0.0406. The molecule has 0 saturated carbocycles. The van der Waals surface area contributed by atoms with Crippen LogP contribution in [0.25, 0.3) is 0 Å². The van der Waals surface area contributed by atoms with Crippen molar-refractivity contribution in [3.8, 4) is 0 Å². The highest BCUT2D eigenvalue weighted by Gasteiger charge is 2.28. The highest BCUT2D eigenvalue weighted by atomic mass is 32.2. The Bertz CT molecular complexity index is 476. The summed E-state index contributed by atoms with van der Waals surface area (Å²) in [6.07, 6.45) is 0. The lowest BCUT2D eigenvalue weighted by Crippen LogP contribution is -2.55. The van der Waals surface area contributed by atoms with Crippen molar-refractivity contribution in [3.05, 3.63) is 35.9 Å². The van der Waals surface area contributed by atoms with Crippen LogP contribution in [-0.2, 0) is 4.79 Å². The number of hydrogen-bond acceptors (Lipinski definition) is 4. The second kappa shape index (κ2) is 8.20. The van der Waals surface area contributed by atoms with E-state index in [1.807, 2.05) is 39.0 Å². The fourth-order valence-electron chi connectivity index (χ4n) is 1.73. The molecule has 21 heavy (non-hydrogen) atoms. The molecule has 0 heterocycles. The molecule has 0 fully saturated rings. The zero-order chi connectivity index (χ0) is 15.9. The second-order valence-electron chi connectivity index (χ2n) is 5.61. The van der Waals surface area contributed by atoms with E-state index in [0.717, 1.165) is 0 Å². The van der Waals surface area contributed by atoms with Crippen LogP contribution in [0.3, 0.4) is 0 Å². The zero-order valence-corrected chi connectivity index (χ0v) is 13.7. The number of thioether (sulfide) groups is 1. The summed E-state index contributed by atoms with van der Waals surface area (Å²) in [7, 11) is 0. The lowest BCUT2D eigenvalue weighted by atomic mass is 9.88. The van der Waals surface area contributed by atoms with Gasteiger partial charge in [0.1, 0.15) is 0 Å². The summed E-state index contributed by atoms with van der Waals surface area (Å²) in [6.45, 7) is 6.39. The Morgan fingerprint density at radius 1 is 1.24 bits per heavy atom. The number of hydrogen-bond donors (Lipinski definition) is 2. The topological polar surface area (TPSA) is 72.2 Å². The van der Waals surface area contributed by atoms with Crippen LogP contribution in [0.1, 0.15) is 31.1 Å². The number of Topliss-reactive ketones (excluding diaryl/α,β-unsaturated/α-hetero) is 1. The molecule has 1 amide bonds. The Morgan fingerprint density at radius 2 is 1.86 bits per heavy atom. The fourth-order valence-corrected chi connectivity index (χ4v) is 2.44. The largest absolute Gasteiger partial charge is 0.349 e. The van der Waals surface area contributed by atoms with Crippen LogP contribution in [0.2, 0.25) is 0 Å². The van der Waals surface area contributed by atoms with E-state index in [1.54, 1.807) is 12.1 Å². The first-order valence-corrected chi connectivity index (χ1v) is 8.21. The van der Waals surface area contributed by atoms with E-state index in [2.05, 4.69) is 5.32 Å². The lowest BCUT2D eigenvalue weighted by molar-refractivity contribution is -0.120. The van der Waals surface area contributed by atoms with Gasteiger partial charge in [-0.25, -0.2) is 0 Å². The number of benzene rings is 1. The summed E-state index contributed by atoms with van der Waals surface area (Å²) in [5.41, 5.74) is 6.01. The number of amides is 1. The fraction of sp³-hybridized carbons (Fsp3) is 0.500. The van der Waals surface area contributed by atoms with Gasteiger partial charge in [-0.2, -0.15) is 0 Å². The maximum atomic E-state index is 11.9. The van der Waals surface area contributed by atoms with Crippen LogP contribution in [-0.4, -0.2) is 35.3 Å². The molecular weight excluding hydrogens is 284 g/mol. The first-order valence-electron chi connectivity index (χ1n) is 7.06. The molecule has 0 aliphatic heterocycles. The van der Waals surface area contributed by atoms with E-state index in [-0.39, 0.29) is 23.4 Å². The second-order valence-corrected chi connectivity index (χ2v) is 6.59. The number of ketones is 1. The van der Waals surface area contributed by atoms with Crippen molar-refractivity contribution in [2.24, 2.45) is 11.7 Å². The van der Waals surface area contributed by atoms with E-state index in [4.69, 9.17) is 5.73 Å². The molecular formula is C16H24N2O2S. The number of carbonyl (C=O) groups is 2. The predicted octanol–water partition coefficient (Wildman–Crippen LogP) is 2.09. The van der Waals surface area contributed by atoms with Crippen molar-refractivity contribution in [1.82, 2.24) is 5.32 Å². The average molecular weight is 308 g/mol. The molecule has 5 heteroatoms. The molecule has 0 aromatic heterocycles. The Hall–Kier alpha value is -1.33. The first-order chi connectivity index (χ1) is 9.89. The van der Waals surface area contributed by atoms with Gasteiger partial charge in [-0.05, 0) is 12.8 Å². The van der Waals surface area contributed by atoms with Crippen molar-refractivity contribution in [1.29, 1.82) is 0 Å². The van der Waals surface area contributed by atoms with E-state index in [0.29, 0.717) is 17.9 Å². The molecule has 1 aromatic rings. The molecule has 1 unspecified atom stereocenters. The molecule has 0 spiro atoms. The van der Waals surface area contributed by atoms with E-state index in [1.165, 1.54) is 11.8 Å². The standard InChI is InChI=1S/C16H24N2O2S/c1-12(2)16(3,11-17)18-15(20)10-21-9-14(19)13-7-5-4-6-8-13/h4-8,12H,9-11,17H2,1-3H3,(H,18,20). The minimum Gasteiger partial charge on any atom is -0.349 e. The van der Waals surface area contributed by atoms with Crippen molar-refractivity contribution >= 4 is 23.5 Å². The monoisotopic (exact) mass is 308 g/mol.